The number of aromatic nitrogens is 1. The first kappa shape index (κ1) is 16.6. The van der Waals surface area contributed by atoms with Gasteiger partial charge in [-0.15, -0.1) is 11.3 Å². The molecule has 0 aliphatic heterocycles. The van der Waals surface area contributed by atoms with Crippen molar-refractivity contribution in [1.82, 2.24) is 9.88 Å². The second-order valence-corrected chi connectivity index (χ2v) is 7.32. The van der Waals surface area contributed by atoms with Crippen LogP contribution in [0.5, 0.6) is 0 Å². The fraction of sp³-hybridized carbons (Fsp3) is 0.500. The molecule has 5 heteroatoms. The highest BCUT2D eigenvalue weighted by atomic mass is 32.1. The first-order valence-corrected chi connectivity index (χ1v) is 9.08. The largest absolute Gasteiger partial charge is 0.387 e. The van der Waals surface area contributed by atoms with E-state index in [-0.39, 0.29) is 5.82 Å². The van der Waals surface area contributed by atoms with Crippen LogP contribution in [-0.4, -0.2) is 34.1 Å². The molecule has 1 aromatic heterocycles. The maximum Gasteiger partial charge on any atom is 0.123 e. The second kappa shape index (κ2) is 7.51. The lowest BCUT2D eigenvalue weighted by Gasteiger charge is -2.25. The van der Waals surface area contributed by atoms with Crippen molar-refractivity contribution in [2.24, 2.45) is 0 Å². The number of aliphatic hydroxyl groups excluding tert-OH is 1. The third-order valence-corrected chi connectivity index (χ3v) is 5.09. The van der Waals surface area contributed by atoms with Crippen molar-refractivity contribution in [2.45, 2.75) is 44.8 Å². The topological polar surface area (TPSA) is 36.4 Å². The summed E-state index contributed by atoms with van der Waals surface area (Å²) >= 11 is 1.70. The Bertz CT molecular complexity index is 624. The van der Waals surface area contributed by atoms with E-state index in [0.29, 0.717) is 12.6 Å². The van der Waals surface area contributed by atoms with Crippen LogP contribution in [0, 0.1) is 12.7 Å². The molecule has 1 aliphatic rings. The minimum absolute atomic E-state index is 0.265. The molecule has 1 heterocycles. The van der Waals surface area contributed by atoms with E-state index >= 15 is 0 Å². The van der Waals surface area contributed by atoms with Crippen LogP contribution in [0.4, 0.5) is 4.39 Å². The number of halogens is 1. The first-order valence-electron chi connectivity index (χ1n) is 8.20. The Balaban J connectivity index is 1.51. The van der Waals surface area contributed by atoms with Gasteiger partial charge in [-0.25, -0.2) is 9.37 Å². The molecule has 3 nitrogen and oxygen atoms in total. The van der Waals surface area contributed by atoms with Gasteiger partial charge in [0.05, 0.1) is 16.8 Å². The van der Waals surface area contributed by atoms with Crippen LogP contribution in [0.1, 0.15) is 41.6 Å². The van der Waals surface area contributed by atoms with Crippen LogP contribution >= 0.6 is 11.3 Å². The monoisotopic (exact) mass is 334 g/mol. The molecule has 124 valence electrons. The quantitative estimate of drug-likeness (QED) is 0.799. The number of nitrogens with zero attached hydrogens (tertiary/aromatic N) is 2. The number of hydrogen-bond acceptors (Lipinski definition) is 4. The van der Waals surface area contributed by atoms with Gasteiger partial charge in [0.1, 0.15) is 5.82 Å². The molecular weight excluding hydrogens is 311 g/mol. The zero-order valence-corrected chi connectivity index (χ0v) is 14.2. The lowest BCUT2D eigenvalue weighted by atomic mass is 10.1. The molecule has 0 radical (unpaired) electrons. The molecule has 3 rings (SSSR count). The minimum atomic E-state index is -0.558. The van der Waals surface area contributed by atoms with Crippen LogP contribution in [0.25, 0.3) is 0 Å². The Kier molecular flexibility index (Phi) is 5.41. The van der Waals surface area contributed by atoms with Crippen LogP contribution in [0.3, 0.4) is 0 Å². The fourth-order valence-electron chi connectivity index (χ4n) is 2.86. The number of benzene rings is 1. The molecule has 1 aromatic carbocycles. The lowest BCUT2D eigenvalue weighted by Crippen LogP contribution is -2.32. The van der Waals surface area contributed by atoms with Crippen LogP contribution in [0.2, 0.25) is 0 Å². The highest BCUT2D eigenvalue weighted by Gasteiger charge is 2.30. The van der Waals surface area contributed by atoms with Gasteiger partial charge < -0.3 is 5.11 Å². The first-order chi connectivity index (χ1) is 11.1. The average Bonchev–Trinajstić information content (AvgIpc) is 3.30. The van der Waals surface area contributed by atoms with E-state index in [1.165, 1.54) is 30.7 Å². The van der Waals surface area contributed by atoms with Crippen molar-refractivity contribution in [1.29, 1.82) is 0 Å². The van der Waals surface area contributed by atoms with Gasteiger partial charge in [0.15, 0.2) is 0 Å². The van der Waals surface area contributed by atoms with Crippen molar-refractivity contribution < 1.29 is 9.50 Å². The summed E-state index contributed by atoms with van der Waals surface area (Å²) in [5, 5.41) is 13.6. The molecule has 1 N–H and O–H groups in total. The number of aliphatic hydroxyl groups is 1. The maximum absolute atomic E-state index is 13.0. The summed E-state index contributed by atoms with van der Waals surface area (Å²) in [6, 6.07) is 6.75. The predicted molar refractivity (Wildman–Crippen MR) is 91.1 cm³/mol. The van der Waals surface area contributed by atoms with E-state index in [4.69, 9.17) is 0 Å². The van der Waals surface area contributed by atoms with E-state index in [1.807, 2.05) is 6.92 Å². The Morgan fingerprint density at radius 3 is 2.70 bits per heavy atom. The smallest absolute Gasteiger partial charge is 0.123 e. The Hall–Kier alpha value is -1.30. The average molecular weight is 334 g/mol. The fourth-order valence-corrected chi connectivity index (χ4v) is 3.51. The molecular formula is C18H23FN2OS. The summed E-state index contributed by atoms with van der Waals surface area (Å²) in [4.78, 5) is 6.87. The molecule has 1 aliphatic carbocycles. The van der Waals surface area contributed by atoms with Crippen LogP contribution in [0.15, 0.2) is 29.6 Å². The molecule has 0 saturated heterocycles. The second-order valence-electron chi connectivity index (χ2n) is 6.25. The maximum atomic E-state index is 13.0. The van der Waals surface area contributed by atoms with Gasteiger partial charge in [-0.1, -0.05) is 12.1 Å². The molecule has 0 bridgehead atoms. The van der Waals surface area contributed by atoms with Gasteiger partial charge in [0.2, 0.25) is 0 Å². The highest BCUT2D eigenvalue weighted by molar-refractivity contribution is 7.09. The van der Waals surface area contributed by atoms with Gasteiger partial charge in [0.25, 0.3) is 0 Å². The Morgan fingerprint density at radius 1 is 1.35 bits per heavy atom. The Morgan fingerprint density at radius 2 is 2.09 bits per heavy atom. The standard InChI is InChI=1S/C18H23FN2OS/c1-13-20-16(12-23-13)3-2-10-21(17-8-9-17)11-18(22)14-4-6-15(19)7-5-14/h4-7,12,17-18,22H,2-3,8-11H2,1H3. The third kappa shape index (κ3) is 4.83. The van der Waals surface area contributed by atoms with Crippen LogP contribution < -0.4 is 0 Å². The number of hydrogen-bond donors (Lipinski definition) is 1. The summed E-state index contributed by atoms with van der Waals surface area (Å²) in [6.45, 7) is 3.62. The summed E-state index contributed by atoms with van der Waals surface area (Å²) in [7, 11) is 0. The molecule has 1 saturated carbocycles. The van der Waals surface area contributed by atoms with Gasteiger partial charge in [-0.3, -0.25) is 4.90 Å². The zero-order chi connectivity index (χ0) is 16.2. The minimum Gasteiger partial charge on any atom is -0.387 e. The Labute approximate surface area is 140 Å². The SMILES string of the molecule is Cc1nc(CCCN(CC(O)c2ccc(F)cc2)C2CC2)cs1. The van der Waals surface area contributed by atoms with E-state index in [1.54, 1.807) is 23.5 Å². The summed E-state index contributed by atoms with van der Waals surface area (Å²) in [5.74, 6) is -0.265. The predicted octanol–water partition coefficient (Wildman–Crippen LogP) is 3.72. The van der Waals surface area contributed by atoms with Crippen molar-refractivity contribution >= 4 is 11.3 Å². The van der Waals surface area contributed by atoms with Crippen molar-refractivity contribution in [3.8, 4) is 0 Å². The molecule has 1 fully saturated rings. The van der Waals surface area contributed by atoms with Gasteiger partial charge in [0, 0.05) is 18.0 Å². The normalized spacial score (nSPS) is 16.0. The molecule has 2 aromatic rings. The summed E-state index contributed by atoms with van der Waals surface area (Å²) in [5.41, 5.74) is 1.95. The number of thiazole rings is 1. The van der Waals surface area contributed by atoms with Gasteiger partial charge in [-0.2, -0.15) is 0 Å². The van der Waals surface area contributed by atoms with Crippen LogP contribution in [-0.2, 0) is 6.42 Å². The van der Waals surface area contributed by atoms with E-state index in [0.717, 1.165) is 30.0 Å². The highest BCUT2D eigenvalue weighted by Crippen LogP contribution is 2.29. The zero-order valence-electron chi connectivity index (χ0n) is 13.4. The van der Waals surface area contributed by atoms with Crippen molar-refractivity contribution in [2.75, 3.05) is 13.1 Å². The van der Waals surface area contributed by atoms with E-state index < -0.39 is 6.10 Å². The molecule has 0 spiro atoms. The molecule has 1 atom stereocenters. The molecule has 1 unspecified atom stereocenters. The summed E-state index contributed by atoms with van der Waals surface area (Å²) < 4.78 is 13.0. The lowest BCUT2D eigenvalue weighted by molar-refractivity contribution is 0.108. The summed E-state index contributed by atoms with van der Waals surface area (Å²) in [6.07, 6.45) is 3.91. The number of aryl methyl sites for hydroxylation is 2. The number of rotatable bonds is 8. The van der Waals surface area contributed by atoms with E-state index in [2.05, 4.69) is 15.3 Å². The molecule has 23 heavy (non-hydrogen) atoms. The third-order valence-electron chi connectivity index (χ3n) is 4.27. The molecule has 0 amide bonds. The van der Waals surface area contributed by atoms with Gasteiger partial charge >= 0.3 is 0 Å². The van der Waals surface area contributed by atoms with E-state index in [9.17, 15) is 9.50 Å². The van der Waals surface area contributed by atoms with Crippen molar-refractivity contribution in [3.63, 3.8) is 0 Å². The van der Waals surface area contributed by atoms with Gasteiger partial charge in [-0.05, 0) is 56.8 Å². The van der Waals surface area contributed by atoms with Crippen molar-refractivity contribution in [3.05, 3.63) is 51.7 Å².